The average Bonchev–Trinajstić information content (AvgIpc) is 2.89. The first kappa shape index (κ1) is 12.1. The first-order valence-electron chi connectivity index (χ1n) is 6.55. The number of carbonyl (C=O) groups excluding carboxylic acids is 1. The van der Waals surface area contributed by atoms with Gasteiger partial charge in [-0.2, -0.15) is 0 Å². The summed E-state index contributed by atoms with van der Waals surface area (Å²) in [5.74, 6) is 0.0354. The van der Waals surface area contributed by atoms with E-state index in [2.05, 4.69) is 6.92 Å². The van der Waals surface area contributed by atoms with Crippen LogP contribution in [0.25, 0.3) is 0 Å². The predicted molar refractivity (Wildman–Crippen MR) is 61.1 cm³/mol. The monoisotopic (exact) mass is 226 g/mol. The fourth-order valence-corrected chi connectivity index (χ4v) is 3.12. The minimum Gasteiger partial charge on any atom is -0.347 e. The summed E-state index contributed by atoms with van der Waals surface area (Å²) in [5.41, 5.74) is 0. The second-order valence-electron chi connectivity index (χ2n) is 4.95. The molecule has 1 saturated heterocycles. The van der Waals surface area contributed by atoms with Gasteiger partial charge in [-0.25, -0.2) is 0 Å². The standard InChI is InChI=1S/C13H22O3/c1-2-3-4-5-12-11(10-14)6-7-13(12)15-8-9-16-13/h10-12H,2-9H2,1H3. The van der Waals surface area contributed by atoms with Crippen molar-refractivity contribution in [2.45, 2.75) is 51.2 Å². The Balaban J connectivity index is 1.98. The van der Waals surface area contributed by atoms with Gasteiger partial charge in [-0.15, -0.1) is 0 Å². The lowest BCUT2D eigenvalue weighted by molar-refractivity contribution is -0.187. The second kappa shape index (κ2) is 5.28. The number of hydrogen-bond donors (Lipinski definition) is 0. The molecule has 0 radical (unpaired) electrons. The molecule has 1 heterocycles. The molecule has 0 amide bonds. The number of rotatable bonds is 5. The zero-order valence-electron chi connectivity index (χ0n) is 10.1. The molecule has 3 heteroatoms. The van der Waals surface area contributed by atoms with Crippen molar-refractivity contribution in [1.82, 2.24) is 0 Å². The smallest absolute Gasteiger partial charge is 0.171 e. The molecule has 0 aromatic rings. The highest BCUT2D eigenvalue weighted by molar-refractivity contribution is 5.55. The maximum atomic E-state index is 11.1. The Morgan fingerprint density at radius 1 is 1.31 bits per heavy atom. The van der Waals surface area contributed by atoms with Gasteiger partial charge in [0.2, 0.25) is 0 Å². The quantitative estimate of drug-likeness (QED) is 0.534. The molecule has 1 saturated carbocycles. The van der Waals surface area contributed by atoms with E-state index in [0.717, 1.165) is 25.5 Å². The van der Waals surface area contributed by atoms with E-state index in [1.807, 2.05) is 0 Å². The van der Waals surface area contributed by atoms with Crippen LogP contribution >= 0.6 is 0 Å². The van der Waals surface area contributed by atoms with Gasteiger partial charge in [-0.05, 0) is 12.8 Å². The fourth-order valence-electron chi connectivity index (χ4n) is 3.12. The van der Waals surface area contributed by atoms with Gasteiger partial charge in [-0.3, -0.25) is 0 Å². The minimum absolute atomic E-state index is 0.148. The highest BCUT2D eigenvalue weighted by atomic mass is 16.7. The van der Waals surface area contributed by atoms with E-state index in [4.69, 9.17) is 9.47 Å². The second-order valence-corrected chi connectivity index (χ2v) is 4.95. The first-order valence-corrected chi connectivity index (χ1v) is 6.55. The molecule has 3 nitrogen and oxygen atoms in total. The van der Waals surface area contributed by atoms with Crippen LogP contribution in [0.5, 0.6) is 0 Å². The third kappa shape index (κ3) is 2.16. The lowest BCUT2D eigenvalue weighted by atomic mass is 9.88. The lowest BCUT2D eigenvalue weighted by Gasteiger charge is -2.30. The van der Waals surface area contributed by atoms with Crippen molar-refractivity contribution >= 4 is 6.29 Å². The molecule has 2 unspecified atom stereocenters. The molecule has 0 aromatic heterocycles. The molecule has 16 heavy (non-hydrogen) atoms. The normalized spacial score (nSPS) is 32.3. The predicted octanol–water partition coefficient (Wildman–Crippen LogP) is 2.53. The molecular formula is C13H22O3. The van der Waals surface area contributed by atoms with Crippen LogP contribution in [0.2, 0.25) is 0 Å². The molecule has 2 fully saturated rings. The number of hydrogen-bond acceptors (Lipinski definition) is 3. The van der Waals surface area contributed by atoms with Gasteiger partial charge in [0.15, 0.2) is 5.79 Å². The molecule has 2 rings (SSSR count). The summed E-state index contributed by atoms with van der Waals surface area (Å²) in [6, 6.07) is 0. The molecule has 1 aliphatic carbocycles. The molecule has 2 atom stereocenters. The van der Waals surface area contributed by atoms with Crippen molar-refractivity contribution in [2.24, 2.45) is 11.8 Å². The van der Waals surface area contributed by atoms with Crippen molar-refractivity contribution in [3.8, 4) is 0 Å². The third-order valence-corrected chi connectivity index (χ3v) is 3.98. The van der Waals surface area contributed by atoms with Crippen molar-refractivity contribution in [3.05, 3.63) is 0 Å². The van der Waals surface area contributed by atoms with Gasteiger partial charge < -0.3 is 14.3 Å². The van der Waals surface area contributed by atoms with Gasteiger partial charge in [0.1, 0.15) is 6.29 Å². The molecule has 1 spiro atoms. The molecule has 2 aliphatic rings. The highest BCUT2D eigenvalue weighted by Gasteiger charge is 2.52. The zero-order chi connectivity index (χ0) is 11.4. The zero-order valence-corrected chi connectivity index (χ0v) is 10.1. The van der Waals surface area contributed by atoms with Crippen LogP contribution in [0.1, 0.15) is 45.4 Å². The van der Waals surface area contributed by atoms with E-state index in [1.165, 1.54) is 19.3 Å². The highest BCUT2D eigenvalue weighted by Crippen LogP contribution is 2.47. The lowest BCUT2D eigenvalue weighted by Crippen LogP contribution is -2.37. The van der Waals surface area contributed by atoms with Gasteiger partial charge in [0, 0.05) is 18.3 Å². The number of ether oxygens (including phenoxy) is 2. The van der Waals surface area contributed by atoms with Crippen LogP contribution in [0, 0.1) is 11.8 Å². The van der Waals surface area contributed by atoms with E-state index >= 15 is 0 Å². The Morgan fingerprint density at radius 2 is 2.06 bits per heavy atom. The maximum absolute atomic E-state index is 11.1. The summed E-state index contributed by atoms with van der Waals surface area (Å²) >= 11 is 0. The number of unbranched alkanes of at least 4 members (excludes halogenated alkanes) is 2. The summed E-state index contributed by atoms with van der Waals surface area (Å²) in [6.07, 6.45) is 7.63. The largest absolute Gasteiger partial charge is 0.347 e. The van der Waals surface area contributed by atoms with Crippen LogP contribution in [0.4, 0.5) is 0 Å². The summed E-state index contributed by atoms with van der Waals surface area (Å²) in [4.78, 5) is 11.1. The molecule has 0 N–H and O–H groups in total. The van der Waals surface area contributed by atoms with Crippen molar-refractivity contribution < 1.29 is 14.3 Å². The summed E-state index contributed by atoms with van der Waals surface area (Å²) in [5, 5.41) is 0. The molecule has 0 aromatic carbocycles. The van der Waals surface area contributed by atoms with E-state index in [-0.39, 0.29) is 5.92 Å². The topological polar surface area (TPSA) is 35.5 Å². The van der Waals surface area contributed by atoms with Crippen LogP contribution in [0.15, 0.2) is 0 Å². The molecular weight excluding hydrogens is 204 g/mol. The van der Waals surface area contributed by atoms with E-state index in [0.29, 0.717) is 19.1 Å². The van der Waals surface area contributed by atoms with Gasteiger partial charge >= 0.3 is 0 Å². The molecule has 1 aliphatic heterocycles. The van der Waals surface area contributed by atoms with Crippen LogP contribution < -0.4 is 0 Å². The van der Waals surface area contributed by atoms with Crippen LogP contribution in [-0.2, 0) is 14.3 Å². The van der Waals surface area contributed by atoms with Gasteiger partial charge in [0.25, 0.3) is 0 Å². The Bertz CT molecular complexity index is 233. The number of aldehydes is 1. The summed E-state index contributed by atoms with van der Waals surface area (Å²) in [6.45, 7) is 3.58. The number of carbonyl (C=O) groups is 1. The van der Waals surface area contributed by atoms with Crippen LogP contribution in [0.3, 0.4) is 0 Å². The van der Waals surface area contributed by atoms with Gasteiger partial charge in [-0.1, -0.05) is 26.2 Å². The summed E-state index contributed by atoms with van der Waals surface area (Å²) in [7, 11) is 0. The average molecular weight is 226 g/mol. The van der Waals surface area contributed by atoms with E-state index in [9.17, 15) is 4.79 Å². The first-order chi connectivity index (χ1) is 7.82. The van der Waals surface area contributed by atoms with E-state index < -0.39 is 5.79 Å². The van der Waals surface area contributed by atoms with Crippen molar-refractivity contribution in [2.75, 3.05) is 13.2 Å². The fraction of sp³-hybridized carbons (Fsp3) is 0.923. The Labute approximate surface area is 97.5 Å². The van der Waals surface area contributed by atoms with Crippen LogP contribution in [-0.4, -0.2) is 25.3 Å². The van der Waals surface area contributed by atoms with Crippen molar-refractivity contribution in [3.63, 3.8) is 0 Å². The SMILES string of the molecule is CCCCCC1C(C=O)CCC12OCCO2. The molecule has 92 valence electrons. The van der Waals surface area contributed by atoms with Gasteiger partial charge in [0.05, 0.1) is 13.2 Å². The Morgan fingerprint density at radius 3 is 2.69 bits per heavy atom. The minimum atomic E-state index is -0.403. The third-order valence-electron chi connectivity index (χ3n) is 3.98. The summed E-state index contributed by atoms with van der Waals surface area (Å²) < 4.78 is 11.6. The Kier molecular flexibility index (Phi) is 3.98. The molecule has 0 bridgehead atoms. The van der Waals surface area contributed by atoms with E-state index in [1.54, 1.807) is 0 Å². The van der Waals surface area contributed by atoms with Crippen molar-refractivity contribution in [1.29, 1.82) is 0 Å². The Hall–Kier alpha value is -0.410. The maximum Gasteiger partial charge on any atom is 0.171 e.